The standard InChI is InChI=1S/C14H32N2O/c1-12(2)15-9-7-8-14(5)16(13(3)4)10-11-17-6/h12-15H,7-11H2,1-6H3. The first-order chi connectivity index (χ1) is 7.99. The predicted molar refractivity (Wildman–Crippen MR) is 75.6 cm³/mol. The summed E-state index contributed by atoms with van der Waals surface area (Å²) in [6, 6.07) is 1.83. The van der Waals surface area contributed by atoms with Gasteiger partial charge in [0.05, 0.1) is 6.61 Å². The van der Waals surface area contributed by atoms with Crippen LogP contribution in [0.2, 0.25) is 0 Å². The fraction of sp³-hybridized carbons (Fsp3) is 1.00. The van der Waals surface area contributed by atoms with Crippen LogP contribution in [-0.2, 0) is 4.74 Å². The highest BCUT2D eigenvalue weighted by molar-refractivity contribution is 4.71. The Morgan fingerprint density at radius 2 is 1.76 bits per heavy atom. The maximum atomic E-state index is 5.18. The molecule has 0 saturated carbocycles. The number of nitrogens with one attached hydrogen (secondary N) is 1. The molecule has 0 amide bonds. The molecule has 0 aromatic carbocycles. The van der Waals surface area contributed by atoms with Crippen molar-refractivity contribution in [3.8, 4) is 0 Å². The van der Waals surface area contributed by atoms with E-state index in [0.29, 0.717) is 18.1 Å². The van der Waals surface area contributed by atoms with Crippen LogP contribution in [0.25, 0.3) is 0 Å². The lowest BCUT2D eigenvalue weighted by Crippen LogP contribution is -2.41. The molecule has 0 aromatic rings. The summed E-state index contributed by atoms with van der Waals surface area (Å²) in [6.07, 6.45) is 2.50. The quantitative estimate of drug-likeness (QED) is 0.598. The van der Waals surface area contributed by atoms with Gasteiger partial charge in [0.25, 0.3) is 0 Å². The third-order valence-electron chi connectivity index (χ3n) is 3.13. The smallest absolute Gasteiger partial charge is 0.0589 e. The van der Waals surface area contributed by atoms with Gasteiger partial charge in [-0.3, -0.25) is 4.90 Å². The van der Waals surface area contributed by atoms with Gasteiger partial charge in [-0.15, -0.1) is 0 Å². The molecule has 0 aliphatic rings. The lowest BCUT2D eigenvalue weighted by atomic mass is 10.1. The molecule has 17 heavy (non-hydrogen) atoms. The number of ether oxygens (including phenoxy) is 1. The molecule has 3 nitrogen and oxygen atoms in total. The minimum absolute atomic E-state index is 0.596. The summed E-state index contributed by atoms with van der Waals surface area (Å²) in [7, 11) is 1.77. The first-order valence-electron chi connectivity index (χ1n) is 6.97. The molecule has 0 bridgehead atoms. The highest BCUT2D eigenvalue weighted by Gasteiger charge is 2.16. The molecule has 0 aliphatic heterocycles. The average Bonchev–Trinajstić information content (AvgIpc) is 2.24. The first kappa shape index (κ1) is 16.9. The van der Waals surface area contributed by atoms with Crippen LogP contribution in [0, 0.1) is 0 Å². The van der Waals surface area contributed by atoms with Crippen LogP contribution in [0.15, 0.2) is 0 Å². The Hall–Kier alpha value is -0.120. The number of methoxy groups -OCH3 is 1. The third kappa shape index (κ3) is 8.58. The van der Waals surface area contributed by atoms with Gasteiger partial charge < -0.3 is 10.1 Å². The van der Waals surface area contributed by atoms with Crippen LogP contribution in [0.3, 0.4) is 0 Å². The molecule has 0 rings (SSSR count). The van der Waals surface area contributed by atoms with Crippen molar-refractivity contribution in [1.29, 1.82) is 0 Å². The Labute approximate surface area is 108 Å². The number of hydrogen-bond acceptors (Lipinski definition) is 3. The van der Waals surface area contributed by atoms with Crippen molar-refractivity contribution in [1.82, 2.24) is 10.2 Å². The summed E-state index contributed by atoms with van der Waals surface area (Å²) in [5, 5.41) is 3.47. The fourth-order valence-corrected chi connectivity index (χ4v) is 2.14. The fourth-order valence-electron chi connectivity index (χ4n) is 2.14. The Balaban J connectivity index is 3.84. The normalized spacial score (nSPS) is 13.9. The molecule has 3 heteroatoms. The van der Waals surface area contributed by atoms with E-state index in [1.54, 1.807) is 7.11 Å². The van der Waals surface area contributed by atoms with Gasteiger partial charge in [0.2, 0.25) is 0 Å². The maximum absolute atomic E-state index is 5.18. The number of hydrogen-bond donors (Lipinski definition) is 1. The van der Waals surface area contributed by atoms with Gasteiger partial charge in [0, 0.05) is 31.8 Å². The second-order valence-corrected chi connectivity index (χ2v) is 5.42. The van der Waals surface area contributed by atoms with E-state index in [1.165, 1.54) is 12.8 Å². The Kier molecular flexibility index (Phi) is 9.79. The minimum atomic E-state index is 0.596. The maximum Gasteiger partial charge on any atom is 0.0589 e. The van der Waals surface area contributed by atoms with E-state index in [9.17, 15) is 0 Å². The predicted octanol–water partition coefficient (Wildman–Crippen LogP) is 2.51. The van der Waals surface area contributed by atoms with Crippen LogP contribution in [0.4, 0.5) is 0 Å². The molecule has 1 atom stereocenters. The van der Waals surface area contributed by atoms with Crippen LogP contribution in [-0.4, -0.2) is 49.8 Å². The van der Waals surface area contributed by atoms with E-state index in [1.807, 2.05) is 0 Å². The van der Waals surface area contributed by atoms with Crippen molar-refractivity contribution in [3.05, 3.63) is 0 Å². The van der Waals surface area contributed by atoms with E-state index in [-0.39, 0.29) is 0 Å². The van der Waals surface area contributed by atoms with Gasteiger partial charge in [-0.2, -0.15) is 0 Å². The van der Waals surface area contributed by atoms with Crippen LogP contribution >= 0.6 is 0 Å². The van der Waals surface area contributed by atoms with E-state index < -0.39 is 0 Å². The SMILES string of the molecule is COCCN(C(C)C)C(C)CCCNC(C)C. The van der Waals surface area contributed by atoms with Gasteiger partial charge in [-0.25, -0.2) is 0 Å². The summed E-state index contributed by atoms with van der Waals surface area (Å²) in [5.74, 6) is 0. The molecular formula is C14H32N2O. The van der Waals surface area contributed by atoms with Crippen molar-refractivity contribution in [2.45, 2.75) is 65.6 Å². The van der Waals surface area contributed by atoms with Crippen molar-refractivity contribution in [2.24, 2.45) is 0 Å². The minimum Gasteiger partial charge on any atom is -0.383 e. The summed E-state index contributed by atoms with van der Waals surface area (Å²) < 4.78 is 5.18. The van der Waals surface area contributed by atoms with E-state index >= 15 is 0 Å². The zero-order valence-corrected chi connectivity index (χ0v) is 12.6. The van der Waals surface area contributed by atoms with Crippen LogP contribution < -0.4 is 5.32 Å². The topological polar surface area (TPSA) is 24.5 Å². The summed E-state index contributed by atoms with van der Waals surface area (Å²) in [5.41, 5.74) is 0. The molecule has 0 spiro atoms. The van der Waals surface area contributed by atoms with Crippen LogP contribution in [0.5, 0.6) is 0 Å². The van der Waals surface area contributed by atoms with Crippen molar-refractivity contribution in [3.63, 3.8) is 0 Å². The van der Waals surface area contributed by atoms with Crippen LogP contribution in [0.1, 0.15) is 47.5 Å². The molecule has 0 saturated heterocycles. The molecule has 0 aliphatic carbocycles. The zero-order valence-electron chi connectivity index (χ0n) is 12.6. The highest BCUT2D eigenvalue weighted by Crippen LogP contribution is 2.10. The Morgan fingerprint density at radius 1 is 1.12 bits per heavy atom. The second-order valence-electron chi connectivity index (χ2n) is 5.42. The zero-order chi connectivity index (χ0) is 13.3. The largest absolute Gasteiger partial charge is 0.383 e. The van der Waals surface area contributed by atoms with Gasteiger partial charge in [0.15, 0.2) is 0 Å². The average molecular weight is 244 g/mol. The third-order valence-corrected chi connectivity index (χ3v) is 3.13. The summed E-state index contributed by atoms with van der Waals surface area (Å²) in [4.78, 5) is 2.53. The molecule has 0 heterocycles. The molecule has 1 N–H and O–H groups in total. The van der Waals surface area contributed by atoms with Gasteiger partial charge >= 0.3 is 0 Å². The monoisotopic (exact) mass is 244 g/mol. The van der Waals surface area contributed by atoms with Gasteiger partial charge in [0.1, 0.15) is 0 Å². The Bertz CT molecular complexity index is 172. The molecule has 1 unspecified atom stereocenters. The van der Waals surface area contributed by atoms with E-state index in [4.69, 9.17) is 4.74 Å². The van der Waals surface area contributed by atoms with Crippen molar-refractivity contribution in [2.75, 3.05) is 26.8 Å². The molecular weight excluding hydrogens is 212 g/mol. The highest BCUT2D eigenvalue weighted by atomic mass is 16.5. The Morgan fingerprint density at radius 3 is 2.24 bits per heavy atom. The summed E-state index contributed by atoms with van der Waals surface area (Å²) >= 11 is 0. The summed E-state index contributed by atoms with van der Waals surface area (Å²) in [6.45, 7) is 14.2. The molecule has 104 valence electrons. The molecule has 0 fully saturated rings. The number of rotatable bonds is 10. The van der Waals surface area contributed by atoms with E-state index in [2.05, 4.69) is 44.8 Å². The molecule has 0 radical (unpaired) electrons. The van der Waals surface area contributed by atoms with Gasteiger partial charge in [-0.1, -0.05) is 13.8 Å². The number of nitrogens with zero attached hydrogens (tertiary/aromatic N) is 1. The first-order valence-corrected chi connectivity index (χ1v) is 6.97. The lowest BCUT2D eigenvalue weighted by Gasteiger charge is -2.32. The second kappa shape index (κ2) is 9.86. The van der Waals surface area contributed by atoms with E-state index in [0.717, 1.165) is 19.7 Å². The lowest BCUT2D eigenvalue weighted by molar-refractivity contribution is 0.0974. The molecule has 0 aromatic heterocycles. The van der Waals surface area contributed by atoms with Crippen molar-refractivity contribution < 1.29 is 4.74 Å². The van der Waals surface area contributed by atoms with Gasteiger partial charge in [-0.05, 0) is 40.2 Å². The van der Waals surface area contributed by atoms with Crippen molar-refractivity contribution >= 4 is 0 Å².